The number of hydrogen-bond donors (Lipinski definition) is 1. The van der Waals surface area contributed by atoms with E-state index in [0.717, 1.165) is 11.3 Å². The Morgan fingerprint density at radius 1 is 1.28 bits per heavy atom. The van der Waals surface area contributed by atoms with E-state index in [2.05, 4.69) is 15.3 Å². The van der Waals surface area contributed by atoms with Crippen LogP contribution in [0.15, 0.2) is 42.9 Å². The van der Waals surface area contributed by atoms with Crippen molar-refractivity contribution in [3.8, 4) is 0 Å². The van der Waals surface area contributed by atoms with Crippen molar-refractivity contribution >= 4 is 5.69 Å². The summed E-state index contributed by atoms with van der Waals surface area (Å²) in [6.07, 6.45) is 4.93. The van der Waals surface area contributed by atoms with E-state index in [4.69, 9.17) is 0 Å². The van der Waals surface area contributed by atoms with Gasteiger partial charge in [-0.3, -0.25) is 20.1 Å². The Bertz CT molecular complexity index is 531. The summed E-state index contributed by atoms with van der Waals surface area (Å²) in [7, 11) is 0. The molecular weight excluding hydrogens is 232 g/mol. The molecule has 92 valence electrons. The first-order valence-corrected chi connectivity index (χ1v) is 5.44. The quantitative estimate of drug-likeness (QED) is 0.639. The lowest BCUT2D eigenvalue weighted by atomic mass is 10.2. The summed E-state index contributed by atoms with van der Waals surface area (Å²) in [6.45, 7) is 1.13. The fourth-order valence-corrected chi connectivity index (χ4v) is 1.54. The maximum atomic E-state index is 10.6. The third-order valence-electron chi connectivity index (χ3n) is 2.37. The monoisotopic (exact) mass is 244 g/mol. The predicted molar refractivity (Wildman–Crippen MR) is 65.7 cm³/mol. The first kappa shape index (κ1) is 12.1. The molecule has 0 amide bonds. The number of benzene rings is 1. The second-order valence-electron chi connectivity index (χ2n) is 3.73. The van der Waals surface area contributed by atoms with Crippen LogP contribution >= 0.6 is 0 Å². The molecule has 6 nitrogen and oxygen atoms in total. The summed E-state index contributed by atoms with van der Waals surface area (Å²) in [5.41, 5.74) is 1.81. The van der Waals surface area contributed by atoms with E-state index in [1.165, 1.54) is 6.07 Å². The fraction of sp³-hybridized carbons (Fsp3) is 0.167. The molecule has 1 heterocycles. The second kappa shape index (κ2) is 5.83. The molecule has 0 bridgehead atoms. The normalized spacial score (nSPS) is 10.2. The minimum atomic E-state index is -0.397. The molecule has 0 unspecified atom stereocenters. The van der Waals surface area contributed by atoms with E-state index in [0.29, 0.717) is 13.1 Å². The molecule has 1 N–H and O–H groups in total. The molecule has 0 atom stereocenters. The zero-order valence-corrected chi connectivity index (χ0v) is 9.61. The molecule has 0 saturated heterocycles. The van der Waals surface area contributed by atoms with Crippen LogP contribution in [0.3, 0.4) is 0 Å². The molecule has 2 rings (SSSR count). The van der Waals surface area contributed by atoms with E-state index in [1.54, 1.807) is 30.7 Å². The number of rotatable bonds is 5. The number of hydrogen-bond acceptors (Lipinski definition) is 5. The predicted octanol–water partition coefficient (Wildman–Crippen LogP) is 1.67. The Balaban J connectivity index is 1.90. The highest BCUT2D eigenvalue weighted by atomic mass is 16.6. The summed E-state index contributed by atoms with van der Waals surface area (Å²) < 4.78 is 0. The smallest absolute Gasteiger partial charge is 0.269 e. The third kappa shape index (κ3) is 3.33. The van der Waals surface area contributed by atoms with E-state index < -0.39 is 4.92 Å². The molecule has 0 radical (unpaired) electrons. The summed E-state index contributed by atoms with van der Waals surface area (Å²) in [6, 6.07) is 6.56. The zero-order chi connectivity index (χ0) is 12.8. The summed E-state index contributed by atoms with van der Waals surface area (Å²) in [5, 5.41) is 13.8. The van der Waals surface area contributed by atoms with E-state index in [9.17, 15) is 10.1 Å². The molecule has 0 aliphatic heterocycles. The van der Waals surface area contributed by atoms with E-state index in [1.807, 2.05) is 6.07 Å². The van der Waals surface area contributed by atoms with Crippen LogP contribution < -0.4 is 5.32 Å². The topological polar surface area (TPSA) is 81.0 Å². The highest BCUT2D eigenvalue weighted by Gasteiger charge is 2.05. The lowest BCUT2D eigenvalue weighted by molar-refractivity contribution is -0.384. The summed E-state index contributed by atoms with van der Waals surface area (Å²) in [4.78, 5) is 18.3. The number of nitrogens with one attached hydrogen (secondary N) is 1. The number of nitro groups is 1. The Morgan fingerprint density at radius 3 is 2.89 bits per heavy atom. The van der Waals surface area contributed by atoms with Crippen molar-refractivity contribution in [1.29, 1.82) is 0 Å². The van der Waals surface area contributed by atoms with Gasteiger partial charge in [-0.15, -0.1) is 0 Å². The minimum Gasteiger partial charge on any atom is -0.307 e. The van der Waals surface area contributed by atoms with Crippen molar-refractivity contribution in [3.05, 3.63) is 64.2 Å². The molecule has 0 saturated carbocycles. The average Bonchev–Trinajstić information content (AvgIpc) is 2.40. The number of nitrogens with zero attached hydrogens (tertiary/aromatic N) is 3. The van der Waals surface area contributed by atoms with Crippen LogP contribution in [0, 0.1) is 10.1 Å². The van der Waals surface area contributed by atoms with Gasteiger partial charge < -0.3 is 5.32 Å². The van der Waals surface area contributed by atoms with Crippen LogP contribution in [0.5, 0.6) is 0 Å². The number of non-ortho nitro benzene ring substituents is 1. The van der Waals surface area contributed by atoms with Crippen LogP contribution in [-0.4, -0.2) is 14.9 Å². The van der Waals surface area contributed by atoms with Crippen LogP contribution in [-0.2, 0) is 13.1 Å². The van der Waals surface area contributed by atoms with Gasteiger partial charge in [0.05, 0.1) is 10.6 Å². The van der Waals surface area contributed by atoms with Gasteiger partial charge in [-0.05, 0) is 5.56 Å². The molecule has 6 heteroatoms. The molecular formula is C12H12N4O2. The molecule has 0 fully saturated rings. The van der Waals surface area contributed by atoms with Gasteiger partial charge in [-0.2, -0.15) is 0 Å². The first-order valence-electron chi connectivity index (χ1n) is 5.44. The van der Waals surface area contributed by atoms with Crippen LogP contribution in [0.25, 0.3) is 0 Å². The van der Waals surface area contributed by atoms with Gasteiger partial charge in [0.2, 0.25) is 0 Å². The second-order valence-corrected chi connectivity index (χ2v) is 3.73. The molecule has 0 aliphatic rings. The maximum absolute atomic E-state index is 10.6. The maximum Gasteiger partial charge on any atom is 0.269 e. The van der Waals surface area contributed by atoms with Crippen LogP contribution in [0.4, 0.5) is 5.69 Å². The number of nitro benzene ring substituents is 1. The van der Waals surface area contributed by atoms with Crippen molar-refractivity contribution in [2.24, 2.45) is 0 Å². The number of aromatic nitrogens is 2. The summed E-state index contributed by atoms with van der Waals surface area (Å²) >= 11 is 0. The Kier molecular flexibility index (Phi) is 3.93. The van der Waals surface area contributed by atoms with Crippen LogP contribution in [0.2, 0.25) is 0 Å². The lowest BCUT2D eigenvalue weighted by Gasteiger charge is -2.04. The van der Waals surface area contributed by atoms with Gasteiger partial charge in [0, 0.05) is 43.8 Å². The zero-order valence-electron chi connectivity index (χ0n) is 9.61. The standard InChI is InChI=1S/C12H12N4O2/c17-16(18)12-3-1-2-10(6-12)7-14-9-11-8-13-4-5-15-11/h1-6,8,14H,7,9H2. The molecule has 2 aromatic rings. The highest BCUT2D eigenvalue weighted by molar-refractivity contribution is 5.34. The summed E-state index contributed by atoms with van der Waals surface area (Å²) in [5.74, 6) is 0. The highest BCUT2D eigenvalue weighted by Crippen LogP contribution is 2.12. The van der Waals surface area contributed by atoms with E-state index >= 15 is 0 Å². The molecule has 0 spiro atoms. The fourth-order valence-electron chi connectivity index (χ4n) is 1.54. The average molecular weight is 244 g/mol. The first-order chi connectivity index (χ1) is 8.75. The van der Waals surface area contributed by atoms with Crippen molar-refractivity contribution in [2.45, 2.75) is 13.1 Å². The van der Waals surface area contributed by atoms with Gasteiger partial charge >= 0.3 is 0 Å². The molecule has 0 aliphatic carbocycles. The molecule has 1 aromatic heterocycles. The SMILES string of the molecule is O=[N+]([O-])c1cccc(CNCc2cnccn2)c1. The van der Waals surface area contributed by atoms with E-state index in [-0.39, 0.29) is 5.69 Å². The van der Waals surface area contributed by atoms with Gasteiger partial charge in [0.25, 0.3) is 5.69 Å². The van der Waals surface area contributed by atoms with Gasteiger partial charge in [-0.1, -0.05) is 12.1 Å². The van der Waals surface area contributed by atoms with Crippen molar-refractivity contribution < 1.29 is 4.92 Å². The Labute approximate surface area is 104 Å². The van der Waals surface area contributed by atoms with Gasteiger partial charge in [0.15, 0.2) is 0 Å². The van der Waals surface area contributed by atoms with Gasteiger partial charge in [-0.25, -0.2) is 0 Å². The van der Waals surface area contributed by atoms with Crippen molar-refractivity contribution in [2.75, 3.05) is 0 Å². The third-order valence-corrected chi connectivity index (χ3v) is 2.37. The largest absolute Gasteiger partial charge is 0.307 e. The van der Waals surface area contributed by atoms with Gasteiger partial charge in [0.1, 0.15) is 0 Å². The van der Waals surface area contributed by atoms with Crippen molar-refractivity contribution in [3.63, 3.8) is 0 Å². The molecule has 1 aromatic carbocycles. The minimum absolute atomic E-state index is 0.105. The lowest BCUT2D eigenvalue weighted by Crippen LogP contribution is -2.13. The Morgan fingerprint density at radius 2 is 2.17 bits per heavy atom. The Hall–Kier alpha value is -2.34. The molecule has 18 heavy (non-hydrogen) atoms. The van der Waals surface area contributed by atoms with Crippen LogP contribution in [0.1, 0.15) is 11.3 Å². The van der Waals surface area contributed by atoms with Crippen molar-refractivity contribution in [1.82, 2.24) is 15.3 Å².